The maximum absolute atomic E-state index is 9.42. The molecule has 3 nitrogen and oxygen atoms in total. The average molecular weight is 355 g/mol. The van der Waals surface area contributed by atoms with Gasteiger partial charge in [0.05, 0.1) is 17.2 Å². The number of benzene rings is 1. The molecule has 0 saturated carbocycles. The summed E-state index contributed by atoms with van der Waals surface area (Å²) in [5, 5.41) is 10.4. The molecular weight excluding hydrogens is 336 g/mol. The molecule has 0 aliphatic heterocycles. The van der Waals surface area contributed by atoms with E-state index in [9.17, 15) is 5.11 Å². The lowest BCUT2D eigenvalue weighted by atomic mass is 10.2. The molecule has 0 unspecified atom stereocenters. The molecule has 1 aromatic carbocycles. The predicted molar refractivity (Wildman–Crippen MR) is 88.3 cm³/mol. The van der Waals surface area contributed by atoms with E-state index in [0.717, 1.165) is 39.6 Å². The van der Waals surface area contributed by atoms with E-state index in [-0.39, 0.29) is 6.61 Å². The molecule has 108 valence electrons. The lowest BCUT2D eigenvalue weighted by molar-refractivity contribution is 0.284. The zero-order valence-corrected chi connectivity index (χ0v) is 14.2. The standard InChI is InChI=1S/C15H19BrN2OS/c1-3-6-13-14(10-19)20-15(17-13)18(2)9-11-7-4-5-8-12(11)16/h4-5,7-8,19H,3,6,9-10H2,1-2H3. The predicted octanol–water partition coefficient (Wildman–Crippen LogP) is 3.99. The zero-order valence-electron chi connectivity index (χ0n) is 11.8. The van der Waals surface area contributed by atoms with Crippen LogP contribution in [0.4, 0.5) is 5.13 Å². The van der Waals surface area contributed by atoms with E-state index in [1.54, 1.807) is 11.3 Å². The van der Waals surface area contributed by atoms with E-state index in [4.69, 9.17) is 0 Å². The van der Waals surface area contributed by atoms with Crippen LogP contribution in [0.3, 0.4) is 0 Å². The van der Waals surface area contributed by atoms with Gasteiger partial charge in [-0.05, 0) is 18.1 Å². The molecule has 2 aromatic rings. The molecule has 0 fully saturated rings. The monoisotopic (exact) mass is 354 g/mol. The topological polar surface area (TPSA) is 36.4 Å². The summed E-state index contributed by atoms with van der Waals surface area (Å²) in [6.45, 7) is 3.01. The van der Waals surface area contributed by atoms with Gasteiger partial charge in [-0.2, -0.15) is 0 Å². The molecule has 0 bridgehead atoms. The molecule has 2 rings (SSSR count). The molecule has 1 aromatic heterocycles. The van der Waals surface area contributed by atoms with Crippen molar-refractivity contribution < 1.29 is 5.11 Å². The molecule has 0 aliphatic carbocycles. The summed E-state index contributed by atoms with van der Waals surface area (Å²) >= 11 is 5.15. The smallest absolute Gasteiger partial charge is 0.185 e. The minimum absolute atomic E-state index is 0.0792. The van der Waals surface area contributed by atoms with E-state index in [0.29, 0.717) is 0 Å². The SMILES string of the molecule is CCCc1nc(N(C)Cc2ccccc2Br)sc1CO. The number of aliphatic hydroxyl groups excluding tert-OH is 1. The Kier molecular flexibility index (Phi) is 5.57. The Balaban J connectivity index is 2.17. The van der Waals surface area contributed by atoms with Crippen LogP contribution in [-0.2, 0) is 19.6 Å². The van der Waals surface area contributed by atoms with Gasteiger partial charge in [-0.1, -0.05) is 58.8 Å². The maximum Gasteiger partial charge on any atom is 0.185 e. The number of rotatable bonds is 6. The van der Waals surface area contributed by atoms with E-state index >= 15 is 0 Å². The molecule has 0 atom stereocenters. The number of halogens is 1. The van der Waals surface area contributed by atoms with Crippen molar-refractivity contribution in [2.45, 2.75) is 32.9 Å². The van der Waals surface area contributed by atoms with Crippen LogP contribution >= 0.6 is 27.3 Å². The fraction of sp³-hybridized carbons (Fsp3) is 0.400. The van der Waals surface area contributed by atoms with Gasteiger partial charge in [0, 0.05) is 18.1 Å². The first-order valence-electron chi connectivity index (χ1n) is 6.69. The van der Waals surface area contributed by atoms with Gasteiger partial charge in [0.25, 0.3) is 0 Å². The first kappa shape index (κ1) is 15.5. The Morgan fingerprint density at radius 1 is 1.35 bits per heavy atom. The minimum atomic E-state index is 0.0792. The van der Waals surface area contributed by atoms with Crippen LogP contribution in [-0.4, -0.2) is 17.1 Å². The lowest BCUT2D eigenvalue weighted by Gasteiger charge is -2.16. The second kappa shape index (κ2) is 7.20. The van der Waals surface area contributed by atoms with Gasteiger partial charge in [-0.3, -0.25) is 0 Å². The molecule has 1 N–H and O–H groups in total. The van der Waals surface area contributed by atoms with E-state index in [1.807, 2.05) is 25.2 Å². The van der Waals surface area contributed by atoms with Crippen LogP contribution in [0.5, 0.6) is 0 Å². The number of anilines is 1. The fourth-order valence-corrected chi connectivity index (χ4v) is 3.38. The van der Waals surface area contributed by atoms with Crippen LogP contribution in [0.15, 0.2) is 28.7 Å². The Hall–Kier alpha value is -0.910. The highest BCUT2D eigenvalue weighted by Crippen LogP contribution is 2.28. The van der Waals surface area contributed by atoms with Crippen molar-refractivity contribution >= 4 is 32.4 Å². The normalized spacial score (nSPS) is 10.8. The van der Waals surface area contributed by atoms with Crippen molar-refractivity contribution in [3.8, 4) is 0 Å². The molecule has 0 amide bonds. The molecule has 0 radical (unpaired) electrons. The van der Waals surface area contributed by atoms with Gasteiger partial charge >= 0.3 is 0 Å². The van der Waals surface area contributed by atoms with Gasteiger partial charge in [0.2, 0.25) is 0 Å². The van der Waals surface area contributed by atoms with Crippen molar-refractivity contribution in [2.75, 3.05) is 11.9 Å². The summed E-state index contributed by atoms with van der Waals surface area (Å²) in [7, 11) is 2.04. The van der Waals surface area contributed by atoms with Crippen molar-refractivity contribution in [3.63, 3.8) is 0 Å². The third-order valence-corrected chi connectivity index (χ3v) is 5.06. The Labute approximate surface area is 132 Å². The first-order chi connectivity index (χ1) is 9.65. The van der Waals surface area contributed by atoms with Gasteiger partial charge in [0.15, 0.2) is 5.13 Å². The molecule has 5 heteroatoms. The van der Waals surface area contributed by atoms with Crippen molar-refractivity contribution in [2.24, 2.45) is 0 Å². The number of hydrogen-bond donors (Lipinski definition) is 1. The van der Waals surface area contributed by atoms with Gasteiger partial charge in [0.1, 0.15) is 0 Å². The Morgan fingerprint density at radius 3 is 2.75 bits per heavy atom. The highest BCUT2D eigenvalue weighted by atomic mass is 79.9. The van der Waals surface area contributed by atoms with E-state index < -0.39 is 0 Å². The molecule has 0 spiro atoms. The summed E-state index contributed by atoms with van der Waals surface area (Å²) in [6, 6.07) is 8.21. The quantitative estimate of drug-likeness (QED) is 0.851. The molecular formula is C15H19BrN2OS. The molecule has 0 saturated heterocycles. The van der Waals surface area contributed by atoms with Crippen molar-refractivity contribution in [1.82, 2.24) is 4.98 Å². The van der Waals surface area contributed by atoms with Gasteiger partial charge < -0.3 is 10.0 Å². The number of thiazole rings is 1. The number of nitrogens with zero attached hydrogens (tertiary/aromatic N) is 2. The summed E-state index contributed by atoms with van der Waals surface area (Å²) in [6.07, 6.45) is 1.97. The summed E-state index contributed by atoms with van der Waals surface area (Å²) in [4.78, 5) is 7.78. The summed E-state index contributed by atoms with van der Waals surface area (Å²) < 4.78 is 1.11. The van der Waals surface area contributed by atoms with Gasteiger partial charge in [-0.15, -0.1) is 0 Å². The number of hydrogen-bond acceptors (Lipinski definition) is 4. The van der Waals surface area contributed by atoms with Crippen LogP contribution in [0, 0.1) is 0 Å². The highest BCUT2D eigenvalue weighted by molar-refractivity contribution is 9.10. The highest BCUT2D eigenvalue weighted by Gasteiger charge is 2.13. The number of aryl methyl sites for hydroxylation is 1. The fourth-order valence-electron chi connectivity index (χ4n) is 2.04. The number of aromatic nitrogens is 1. The van der Waals surface area contributed by atoms with Crippen LogP contribution < -0.4 is 4.90 Å². The van der Waals surface area contributed by atoms with E-state index in [2.05, 4.69) is 38.8 Å². The Bertz CT molecular complexity index is 571. The molecule has 20 heavy (non-hydrogen) atoms. The minimum Gasteiger partial charge on any atom is -0.391 e. The van der Waals surface area contributed by atoms with Crippen LogP contribution in [0.1, 0.15) is 29.5 Å². The third-order valence-electron chi connectivity index (χ3n) is 3.09. The summed E-state index contributed by atoms with van der Waals surface area (Å²) in [5.41, 5.74) is 2.27. The van der Waals surface area contributed by atoms with Gasteiger partial charge in [-0.25, -0.2) is 4.98 Å². The average Bonchev–Trinajstić information content (AvgIpc) is 2.85. The molecule has 1 heterocycles. The van der Waals surface area contributed by atoms with Crippen molar-refractivity contribution in [1.29, 1.82) is 0 Å². The second-order valence-electron chi connectivity index (χ2n) is 4.72. The zero-order chi connectivity index (χ0) is 14.5. The third kappa shape index (κ3) is 3.59. The maximum atomic E-state index is 9.42. The lowest BCUT2D eigenvalue weighted by Crippen LogP contribution is -2.16. The van der Waals surface area contributed by atoms with Crippen LogP contribution in [0.25, 0.3) is 0 Å². The molecule has 0 aliphatic rings. The second-order valence-corrected chi connectivity index (χ2v) is 6.64. The number of aliphatic hydroxyl groups is 1. The Morgan fingerprint density at radius 2 is 2.10 bits per heavy atom. The largest absolute Gasteiger partial charge is 0.391 e. The first-order valence-corrected chi connectivity index (χ1v) is 8.30. The van der Waals surface area contributed by atoms with Crippen LogP contribution in [0.2, 0.25) is 0 Å². The van der Waals surface area contributed by atoms with E-state index in [1.165, 1.54) is 5.56 Å². The van der Waals surface area contributed by atoms with Crippen molar-refractivity contribution in [3.05, 3.63) is 44.9 Å². The summed E-state index contributed by atoms with van der Waals surface area (Å²) in [5.74, 6) is 0.